The Kier molecular flexibility index (Phi) is 3.13. The first-order chi connectivity index (χ1) is 11.1. The van der Waals surface area contributed by atoms with Crippen LogP contribution in [0.3, 0.4) is 0 Å². The third-order valence-corrected chi connectivity index (χ3v) is 4.31. The molecule has 2 heterocycles. The number of benzene rings is 2. The standard InChI is InChI=1S/C18H18O5/c1-18(19)9-13(11-5-3-4-6-14(11)20-2)12-7-16-17(22-10-21-16)8-15(12)23-18/h3-8,13,19H,9-10H2,1-2H3. The van der Waals surface area contributed by atoms with Gasteiger partial charge >= 0.3 is 0 Å². The predicted octanol–water partition coefficient (Wildman–Crippen LogP) is 3.05. The van der Waals surface area contributed by atoms with E-state index in [0.29, 0.717) is 23.7 Å². The molecule has 120 valence electrons. The minimum absolute atomic E-state index is 0.0561. The van der Waals surface area contributed by atoms with E-state index in [2.05, 4.69) is 0 Å². The number of rotatable bonds is 2. The van der Waals surface area contributed by atoms with Crippen LogP contribution in [0.5, 0.6) is 23.0 Å². The maximum absolute atomic E-state index is 10.5. The second-order valence-corrected chi connectivity index (χ2v) is 6.02. The molecule has 2 atom stereocenters. The monoisotopic (exact) mass is 314 g/mol. The lowest BCUT2D eigenvalue weighted by molar-refractivity contribution is -0.137. The first-order valence-corrected chi connectivity index (χ1v) is 7.55. The van der Waals surface area contributed by atoms with Crippen LogP contribution in [0.25, 0.3) is 0 Å². The highest BCUT2D eigenvalue weighted by Gasteiger charge is 2.39. The van der Waals surface area contributed by atoms with E-state index in [1.54, 1.807) is 20.1 Å². The smallest absolute Gasteiger partial charge is 0.231 e. The maximum atomic E-state index is 10.5. The Morgan fingerprint density at radius 1 is 1.09 bits per heavy atom. The van der Waals surface area contributed by atoms with Crippen LogP contribution < -0.4 is 18.9 Å². The second-order valence-electron chi connectivity index (χ2n) is 6.02. The molecule has 0 fully saturated rings. The molecular formula is C18H18O5. The zero-order valence-electron chi connectivity index (χ0n) is 13.0. The highest BCUT2D eigenvalue weighted by molar-refractivity contribution is 5.57. The molecule has 0 saturated heterocycles. The van der Waals surface area contributed by atoms with Gasteiger partial charge in [-0.1, -0.05) is 18.2 Å². The molecule has 0 bridgehead atoms. The van der Waals surface area contributed by atoms with Crippen molar-refractivity contribution in [1.29, 1.82) is 0 Å². The number of methoxy groups -OCH3 is 1. The zero-order chi connectivity index (χ0) is 16.0. The van der Waals surface area contributed by atoms with Crippen molar-refractivity contribution in [3.05, 3.63) is 47.5 Å². The average molecular weight is 314 g/mol. The lowest BCUT2D eigenvalue weighted by Crippen LogP contribution is -2.38. The normalized spacial score (nSPS) is 24.7. The summed E-state index contributed by atoms with van der Waals surface area (Å²) in [6, 6.07) is 11.6. The van der Waals surface area contributed by atoms with Gasteiger partial charge in [-0.2, -0.15) is 0 Å². The van der Waals surface area contributed by atoms with Gasteiger partial charge in [0.25, 0.3) is 0 Å². The summed E-state index contributed by atoms with van der Waals surface area (Å²) in [5, 5.41) is 10.5. The third-order valence-electron chi connectivity index (χ3n) is 4.31. The molecule has 23 heavy (non-hydrogen) atoms. The first kappa shape index (κ1) is 14.2. The Labute approximate surface area is 134 Å². The summed E-state index contributed by atoms with van der Waals surface area (Å²) < 4.78 is 22.1. The molecular weight excluding hydrogens is 296 g/mol. The molecule has 0 amide bonds. The van der Waals surface area contributed by atoms with Gasteiger partial charge in [-0.15, -0.1) is 0 Å². The molecule has 0 aliphatic carbocycles. The Morgan fingerprint density at radius 2 is 1.83 bits per heavy atom. The van der Waals surface area contributed by atoms with Crippen LogP contribution in [0.15, 0.2) is 36.4 Å². The van der Waals surface area contributed by atoms with Crippen LogP contribution in [0, 0.1) is 0 Å². The summed E-state index contributed by atoms with van der Waals surface area (Å²) in [6.45, 7) is 1.87. The fourth-order valence-electron chi connectivity index (χ4n) is 3.30. The quantitative estimate of drug-likeness (QED) is 0.923. The van der Waals surface area contributed by atoms with E-state index in [1.165, 1.54) is 0 Å². The van der Waals surface area contributed by atoms with Gasteiger partial charge in [0.15, 0.2) is 11.5 Å². The maximum Gasteiger partial charge on any atom is 0.231 e. The number of ether oxygens (including phenoxy) is 4. The van der Waals surface area contributed by atoms with Crippen molar-refractivity contribution in [2.45, 2.75) is 25.0 Å². The lowest BCUT2D eigenvalue weighted by atomic mass is 9.82. The van der Waals surface area contributed by atoms with Crippen molar-refractivity contribution in [2.24, 2.45) is 0 Å². The molecule has 0 aromatic heterocycles. The average Bonchev–Trinajstić information content (AvgIpc) is 2.98. The van der Waals surface area contributed by atoms with E-state index in [1.807, 2.05) is 30.3 Å². The fraction of sp³-hybridized carbons (Fsp3) is 0.333. The summed E-state index contributed by atoms with van der Waals surface area (Å²) in [5.41, 5.74) is 1.98. The van der Waals surface area contributed by atoms with Crippen molar-refractivity contribution in [1.82, 2.24) is 0 Å². The largest absolute Gasteiger partial charge is 0.496 e. The number of fused-ring (bicyclic) bond motifs is 2. The van der Waals surface area contributed by atoms with E-state index < -0.39 is 5.79 Å². The predicted molar refractivity (Wildman–Crippen MR) is 83.3 cm³/mol. The van der Waals surface area contributed by atoms with Gasteiger partial charge in [-0.3, -0.25) is 0 Å². The van der Waals surface area contributed by atoms with Crippen LogP contribution in [0.1, 0.15) is 30.4 Å². The van der Waals surface area contributed by atoms with Gasteiger partial charge in [-0.05, 0) is 12.1 Å². The van der Waals surface area contributed by atoms with E-state index in [4.69, 9.17) is 18.9 Å². The molecule has 0 saturated carbocycles. The molecule has 5 nitrogen and oxygen atoms in total. The van der Waals surface area contributed by atoms with Crippen molar-refractivity contribution in [3.8, 4) is 23.0 Å². The molecule has 4 rings (SSSR count). The summed E-state index contributed by atoms with van der Waals surface area (Å²) >= 11 is 0. The van der Waals surface area contributed by atoms with Crippen LogP contribution >= 0.6 is 0 Å². The SMILES string of the molecule is COc1ccccc1C1CC(C)(O)Oc2cc3c(cc21)OCO3. The summed E-state index contributed by atoms with van der Waals surface area (Å²) in [5.74, 6) is 1.43. The molecule has 2 aromatic carbocycles. The van der Waals surface area contributed by atoms with Crippen LogP contribution in [0.4, 0.5) is 0 Å². The Morgan fingerprint density at radius 3 is 2.61 bits per heavy atom. The Balaban J connectivity index is 1.88. The molecule has 5 heteroatoms. The van der Waals surface area contributed by atoms with Gasteiger partial charge < -0.3 is 24.1 Å². The van der Waals surface area contributed by atoms with Crippen LogP contribution in [0.2, 0.25) is 0 Å². The van der Waals surface area contributed by atoms with E-state index >= 15 is 0 Å². The van der Waals surface area contributed by atoms with Gasteiger partial charge in [0.05, 0.1) is 7.11 Å². The van der Waals surface area contributed by atoms with Crippen molar-refractivity contribution in [2.75, 3.05) is 13.9 Å². The van der Waals surface area contributed by atoms with E-state index in [-0.39, 0.29) is 12.7 Å². The number of para-hydroxylation sites is 1. The molecule has 0 spiro atoms. The van der Waals surface area contributed by atoms with Crippen molar-refractivity contribution < 1.29 is 24.1 Å². The van der Waals surface area contributed by atoms with E-state index in [0.717, 1.165) is 16.9 Å². The topological polar surface area (TPSA) is 57.2 Å². The molecule has 1 N–H and O–H groups in total. The third kappa shape index (κ3) is 2.37. The summed E-state index contributed by atoms with van der Waals surface area (Å²) in [7, 11) is 1.65. The van der Waals surface area contributed by atoms with Crippen LogP contribution in [-0.4, -0.2) is 24.8 Å². The Bertz CT molecular complexity index is 753. The van der Waals surface area contributed by atoms with Crippen molar-refractivity contribution in [3.63, 3.8) is 0 Å². The van der Waals surface area contributed by atoms with Crippen LogP contribution in [-0.2, 0) is 0 Å². The fourth-order valence-corrected chi connectivity index (χ4v) is 3.30. The lowest BCUT2D eigenvalue weighted by Gasteiger charge is -2.36. The highest BCUT2D eigenvalue weighted by Crippen LogP contribution is 2.50. The molecule has 2 aliphatic rings. The minimum atomic E-state index is -1.26. The first-order valence-electron chi connectivity index (χ1n) is 7.55. The number of aliphatic hydroxyl groups is 1. The van der Waals surface area contributed by atoms with Gasteiger partial charge in [0, 0.05) is 36.5 Å². The molecule has 0 radical (unpaired) electrons. The van der Waals surface area contributed by atoms with Gasteiger partial charge in [-0.25, -0.2) is 0 Å². The summed E-state index contributed by atoms with van der Waals surface area (Å²) in [4.78, 5) is 0. The van der Waals surface area contributed by atoms with E-state index in [9.17, 15) is 5.11 Å². The van der Waals surface area contributed by atoms with Gasteiger partial charge in [0.2, 0.25) is 12.6 Å². The second kappa shape index (κ2) is 5.06. The molecule has 2 unspecified atom stereocenters. The molecule has 2 aromatic rings. The number of hydrogen-bond acceptors (Lipinski definition) is 5. The Hall–Kier alpha value is -2.40. The number of hydrogen-bond donors (Lipinski definition) is 1. The van der Waals surface area contributed by atoms with Crippen molar-refractivity contribution >= 4 is 0 Å². The van der Waals surface area contributed by atoms with Gasteiger partial charge in [0.1, 0.15) is 11.5 Å². The molecule has 2 aliphatic heterocycles. The minimum Gasteiger partial charge on any atom is -0.496 e. The zero-order valence-corrected chi connectivity index (χ0v) is 13.0. The highest BCUT2D eigenvalue weighted by atomic mass is 16.7. The summed E-state index contributed by atoms with van der Waals surface area (Å²) in [6.07, 6.45) is 0.431.